The Labute approximate surface area is 127 Å². The molecule has 1 aliphatic rings. The molecule has 3 unspecified atom stereocenters. The molecule has 1 amide bonds. The van der Waals surface area contributed by atoms with E-state index in [4.69, 9.17) is 0 Å². The molecule has 3 heteroatoms. The topological polar surface area (TPSA) is 29.1 Å². The zero-order chi connectivity index (χ0) is 14.5. The van der Waals surface area contributed by atoms with E-state index in [0.717, 1.165) is 17.8 Å². The van der Waals surface area contributed by atoms with Crippen molar-refractivity contribution in [1.82, 2.24) is 5.32 Å². The number of rotatable bonds is 5. The van der Waals surface area contributed by atoms with E-state index in [1.165, 1.54) is 25.7 Å². The molecule has 0 aromatic carbocycles. The first-order chi connectivity index (χ1) is 8.84. The Kier molecular flexibility index (Phi) is 6.85. The lowest BCUT2D eigenvalue weighted by atomic mass is 9.79. The lowest BCUT2D eigenvalue weighted by Gasteiger charge is -2.31. The number of hydrogen-bond acceptors (Lipinski definition) is 1. The highest BCUT2D eigenvalue weighted by Crippen LogP contribution is 2.31. The van der Waals surface area contributed by atoms with Crippen molar-refractivity contribution in [2.75, 3.05) is 11.9 Å². The normalized spacial score (nSPS) is 25.9. The molecular formula is C16H30BrNO. The number of nitrogens with one attached hydrogen (secondary N) is 1. The Balaban J connectivity index is 2.33. The molecule has 1 fully saturated rings. The second-order valence-electron chi connectivity index (χ2n) is 7.23. The van der Waals surface area contributed by atoms with E-state index in [0.29, 0.717) is 18.3 Å². The van der Waals surface area contributed by atoms with Crippen LogP contribution in [0.25, 0.3) is 0 Å². The van der Waals surface area contributed by atoms with Crippen LogP contribution >= 0.6 is 15.9 Å². The van der Waals surface area contributed by atoms with Crippen LogP contribution in [0, 0.1) is 23.2 Å². The standard InChI is InChI=1S/C16H30BrNO/c1-12(16(2,3)4)9-15(19)18-11-14-8-6-5-7-13(14)10-17/h12-14H,5-11H2,1-4H3,(H,18,19). The van der Waals surface area contributed by atoms with Gasteiger partial charge in [0.05, 0.1) is 0 Å². The predicted octanol–water partition coefficient (Wildman–Crippen LogP) is 4.38. The molecule has 0 saturated heterocycles. The van der Waals surface area contributed by atoms with Crippen LogP contribution in [-0.4, -0.2) is 17.8 Å². The smallest absolute Gasteiger partial charge is 0.220 e. The van der Waals surface area contributed by atoms with Gasteiger partial charge in [0.15, 0.2) is 0 Å². The summed E-state index contributed by atoms with van der Waals surface area (Å²) in [7, 11) is 0. The summed E-state index contributed by atoms with van der Waals surface area (Å²) in [5, 5.41) is 4.24. The van der Waals surface area contributed by atoms with Gasteiger partial charge in [-0.25, -0.2) is 0 Å². The third-order valence-electron chi connectivity index (χ3n) is 4.80. The number of carbonyl (C=O) groups excluding carboxylic acids is 1. The van der Waals surface area contributed by atoms with Crippen LogP contribution in [0.2, 0.25) is 0 Å². The van der Waals surface area contributed by atoms with Crippen LogP contribution in [-0.2, 0) is 4.79 Å². The third kappa shape index (κ3) is 5.85. The molecule has 0 aliphatic heterocycles. The average molecular weight is 332 g/mol. The highest BCUT2D eigenvalue weighted by molar-refractivity contribution is 9.09. The molecule has 1 saturated carbocycles. The van der Waals surface area contributed by atoms with Crippen molar-refractivity contribution in [2.24, 2.45) is 23.2 Å². The summed E-state index contributed by atoms with van der Waals surface area (Å²) >= 11 is 3.61. The molecule has 0 spiro atoms. The largest absolute Gasteiger partial charge is 0.356 e. The van der Waals surface area contributed by atoms with Gasteiger partial charge in [0.1, 0.15) is 0 Å². The van der Waals surface area contributed by atoms with Crippen molar-refractivity contribution >= 4 is 21.8 Å². The molecular weight excluding hydrogens is 302 g/mol. The SMILES string of the molecule is CC(CC(=O)NCC1CCCCC1CBr)C(C)(C)C. The zero-order valence-corrected chi connectivity index (χ0v) is 14.6. The van der Waals surface area contributed by atoms with Crippen LogP contribution in [0.4, 0.5) is 0 Å². The van der Waals surface area contributed by atoms with Crippen LogP contribution < -0.4 is 5.32 Å². The zero-order valence-electron chi connectivity index (χ0n) is 13.0. The molecule has 1 N–H and O–H groups in total. The number of hydrogen-bond donors (Lipinski definition) is 1. The maximum atomic E-state index is 12.0. The summed E-state index contributed by atoms with van der Waals surface area (Å²) in [6, 6.07) is 0. The maximum Gasteiger partial charge on any atom is 0.220 e. The molecule has 112 valence electrons. The predicted molar refractivity (Wildman–Crippen MR) is 85.5 cm³/mol. The van der Waals surface area contributed by atoms with Crippen LogP contribution in [0.5, 0.6) is 0 Å². The third-order valence-corrected chi connectivity index (χ3v) is 5.63. The van der Waals surface area contributed by atoms with Crippen molar-refractivity contribution in [1.29, 1.82) is 0 Å². The fourth-order valence-corrected chi connectivity index (χ4v) is 3.51. The molecule has 2 nitrogen and oxygen atoms in total. The number of amides is 1. The van der Waals surface area contributed by atoms with Gasteiger partial charge >= 0.3 is 0 Å². The summed E-state index contributed by atoms with van der Waals surface area (Å²) in [6.45, 7) is 9.64. The number of alkyl halides is 1. The summed E-state index contributed by atoms with van der Waals surface area (Å²) in [4.78, 5) is 12.0. The van der Waals surface area contributed by atoms with Gasteiger partial charge in [-0.2, -0.15) is 0 Å². The average Bonchev–Trinajstić information content (AvgIpc) is 2.35. The Morgan fingerprint density at radius 3 is 2.37 bits per heavy atom. The first-order valence-electron chi connectivity index (χ1n) is 7.67. The quantitative estimate of drug-likeness (QED) is 0.744. The van der Waals surface area contributed by atoms with Crippen molar-refractivity contribution in [3.8, 4) is 0 Å². The molecule has 1 aliphatic carbocycles. The van der Waals surface area contributed by atoms with Crippen molar-refractivity contribution in [3.63, 3.8) is 0 Å². The number of carbonyl (C=O) groups is 1. The highest BCUT2D eigenvalue weighted by atomic mass is 79.9. The molecule has 19 heavy (non-hydrogen) atoms. The summed E-state index contributed by atoms with van der Waals surface area (Å²) in [6.07, 6.45) is 5.90. The lowest BCUT2D eigenvalue weighted by Crippen LogP contribution is -2.36. The van der Waals surface area contributed by atoms with Crippen molar-refractivity contribution in [2.45, 2.75) is 59.8 Å². The van der Waals surface area contributed by atoms with Gasteiger partial charge in [-0.15, -0.1) is 0 Å². The van der Waals surface area contributed by atoms with Crippen LogP contribution in [0.1, 0.15) is 59.8 Å². The molecule has 0 radical (unpaired) electrons. The fourth-order valence-electron chi connectivity index (χ4n) is 2.66. The van der Waals surface area contributed by atoms with E-state index >= 15 is 0 Å². The summed E-state index contributed by atoms with van der Waals surface area (Å²) in [5.74, 6) is 2.06. The Morgan fingerprint density at radius 2 is 1.84 bits per heavy atom. The Bertz CT molecular complexity index is 285. The first-order valence-corrected chi connectivity index (χ1v) is 8.79. The van der Waals surface area contributed by atoms with Gasteiger partial charge in [0, 0.05) is 18.3 Å². The maximum absolute atomic E-state index is 12.0. The van der Waals surface area contributed by atoms with Gasteiger partial charge in [-0.05, 0) is 36.0 Å². The van der Waals surface area contributed by atoms with Gasteiger partial charge in [0.25, 0.3) is 0 Å². The minimum Gasteiger partial charge on any atom is -0.356 e. The monoisotopic (exact) mass is 331 g/mol. The number of halogens is 1. The summed E-state index contributed by atoms with van der Waals surface area (Å²) in [5.41, 5.74) is 0.209. The van der Waals surface area contributed by atoms with E-state index in [-0.39, 0.29) is 11.3 Å². The molecule has 0 aromatic heterocycles. The minimum absolute atomic E-state index is 0.209. The molecule has 0 aromatic rings. The van der Waals surface area contributed by atoms with E-state index in [9.17, 15) is 4.79 Å². The van der Waals surface area contributed by atoms with Crippen molar-refractivity contribution in [3.05, 3.63) is 0 Å². The first kappa shape index (κ1) is 17.0. The molecule has 3 atom stereocenters. The highest BCUT2D eigenvalue weighted by Gasteiger charge is 2.26. The van der Waals surface area contributed by atoms with E-state index < -0.39 is 0 Å². The van der Waals surface area contributed by atoms with Gasteiger partial charge in [-0.3, -0.25) is 4.79 Å². The van der Waals surface area contributed by atoms with Crippen LogP contribution in [0.15, 0.2) is 0 Å². The van der Waals surface area contributed by atoms with Crippen LogP contribution in [0.3, 0.4) is 0 Å². The molecule has 0 heterocycles. The van der Waals surface area contributed by atoms with Gasteiger partial charge in [0.2, 0.25) is 5.91 Å². The van der Waals surface area contributed by atoms with Gasteiger partial charge < -0.3 is 5.32 Å². The van der Waals surface area contributed by atoms with E-state index in [1.54, 1.807) is 0 Å². The Morgan fingerprint density at radius 1 is 1.26 bits per heavy atom. The minimum atomic E-state index is 0.209. The molecule has 1 rings (SSSR count). The van der Waals surface area contributed by atoms with Gasteiger partial charge in [-0.1, -0.05) is 56.5 Å². The molecule has 0 bridgehead atoms. The van der Waals surface area contributed by atoms with E-state index in [1.807, 2.05) is 0 Å². The van der Waals surface area contributed by atoms with Crippen molar-refractivity contribution < 1.29 is 4.79 Å². The second kappa shape index (κ2) is 7.66. The fraction of sp³-hybridized carbons (Fsp3) is 0.938. The summed E-state index contributed by atoms with van der Waals surface area (Å²) < 4.78 is 0. The lowest BCUT2D eigenvalue weighted by molar-refractivity contribution is -0.123. The Hall–Kier alpha value is -0.0500. The van der Waals surface area contributed by atoms with E-state index in [2.05, 4.69) is 48.9 Å². The second-order valence-corrected chi connectivity index (χ2v) is 7.88.